The number of carbonyl (C=O) groups is 2. The van der Waals surface area contributed by atoms with Crippen molar-refractivity contribution >= 4 is 27.7 Å². The molecule has 2 rings (SSSR count). The van der Waals surface area contributed by atoms with Crippen molar-refractivity contribution < 1.29 is 14.0 Å². The summed E-state index contributed by atoms with van der Waals surface area (Å²) in [4.78, 5) is 27.2. The molecule has 2 amide bonds. The highest BCUT2D eigenvalue weighted by Crippen LogP contribution is 2.16. The lowest BCUT2D eigenvalue weighted by Crippen LogP contribution is -2.49. The number of nitrogens with zero attached hydrogens (tertiary/aromatic N) is 1. The topological polar surface area (TPSA) is 49.4 Å². The Balaban J connectivity index is 2.23. The Kier molecular flexibility index (Phi) is 8.18. The van der Waals surface area contributed by atoms with Crippen LogP contribution in [0.25, 0.3) is 0 Å². The van der Waals surface area contributed by atoms with Gasteiger partial charge in [-0.25, -0.2) is 4.39 Å². The van der Waals surface area contributed by atoms with Crippen molar-refractivity contribution in [2.75, 3.05) is 0 Å². The molecule has 0 aliphatic carbocycles. The second kappa shape index (κ2) is 10.4. The number of rotatable bonds is 8. The minimum Gasteiger partial charge on any atom is -0.352 e. The summed E-state index contributed by atoms with van der Waals surface area (Å²) < 4.78 is 14.9. The minimum absolute atomic E-state index is 0.0196. The van der Waals surface area contributed by atoms with Crippen LogP contribution in [0.4, 0.5) is 4.39 Å². The van der Waals surface area contributed by atoms with E-state index in [0.717, 1.165) is 16.5 Å². The molecular weight excluding hydrogens is 423 g/mol. The molecule has 0 aromatic heterocycles. The minimum atomic E-state index is -0.670. The van der Waals surface area contributed by atoms with Crippen LogP contribution in [0.3, 0.4) is 0 Å². The van der Waals surface area contributed by atoms with Gasteiger partial charge >= 0.3 is 0 Å². The summed E-state index contributed by atoms with van der Waals surface area (Å²) in [5.41, 5.74) is 1.22. The van der Waals surface area contributed by atoms with Gasteiger partial charge in [0.25, 0.3) is 0 Å². The first-order chi connectivity index (χ1) is 13.3. The summed E-state index contributed by atoms with van der Waals surface area (Å²) in [6.45, 7) is 5.88. The highest BCUT2D eigenvalue weighted by Gasteiger charge is 2.27. The zero-order chi connectivity index (χ0) is 20.7. The van der Waals surface area contributed by atoms with Crippen molar-refractivity contribution in [1.29, 1.82) is 0 Å². The molecule has 0 heterocycles. The molecular formula is C22H26BrFN2O2. The summed E-state index contributed by atoms with van der Waals surface area (Å²) in [5.74, 6) is -0.927. The number of carbonyl (C=O) groups excluding carboxylic acids is 2. The zero-order valence-corrected chi connectivity index (χ0v) is 18.0. The quantitative estimate of drug-likeness (QED) is 0.647. The molecule has 0 aliphatic heterocycles. The van der Waals surface area contributed by atoms with Gasteiger partial charge in [-0.1, -0.05) is 53.2 Å². The first-order valence-corrected chi connectivity index (χ1v) is 10.2. The Bertz CT molecular complexity index is 810. The molecule has 2 atom stereocenters. The number of nitrogens with one attached hydrogen (secondary N) is 1. The maximum atomic E-state index is 14.0. The first kappa shape index (κ1) is 22.1. The van der Waals surface area contributed by atoms with Crippen molar-refractivity contribution in [1.82, 2.24) is 10.2 Å². The van der Waals surface area contributed by atoms with Gasteiger partial charge < -0.3 is 10.2 Å². The maximum absolute atomic E-state index is 14.0. The lowest BCUT2D eigenvalue weighted by molar-refractivity contribution is -0.140. The number of halogens is 2. The van der Waals surface area contributed by atoms with E-state index in [1.54, 1.807) is 25.1 Å². The van der Waals surface area contributed by atoms with Crippen LogP contribution in [0.5, 0.6) is 0 Å². The highest BCUT2D eigenvalue weighted by molar-refractivity contribution is 9.10. The molecule has 2 aromatic rings. The molecule has 2 aromatic carbocycles. The van der Waals surface area contributed by atoms with Crippen molar-refractivity contribution in [3.05, 3.63) is 69.9 Å². The van der Waals surface area contributed by atoms with Crippen LogP contribution in [0, 0.1) is 5.82 Å². The first-order valence-electron chi connectivity index (χ1n) is 9.39. The average molecular weight is 449 g/mol. The SMILES string of the molecule is CC[C@@H](C)NC(=O)[C@H](C)N(Cc1ccc(Br)cc1)C(=O)Cc1ccccc1F. The van der Waals surface area contributed by atoms with Gasteiger partial charge in [0.1, 0.15) is 11.9 Å². The van der Waals surface area contributed by atoms with E-state index in [4.69, 9.17) is 0 Å². The molecule has 0 bridgehead atoms. The number of hydrogen-bond acceptors (Lipinski definition) is 2. The largest absolute Gasteiger partial charge is 0.352 e. The second-order valence-corrected chi connectivity index (χ2v) is 7.83. The molecule has 0 spiro atoms. The Morgan fingerprint density at radius 1 is 1.11 bits per heavy atom. The predicted octanol–water partition coefficient (Wildman–Crippen LogP) is 4.46. The molecule has 0 radical (unpaired) electrons. The molecule has 0 saturated heterocycles. The van der Waals surface area contributed by atoms with E-state index < -0.39 is 11.9 Å². The van der Waals surface area contributed by atoms with E-state index in [1.807, 2.05) is 38.1 Å². The van der Waals surface area contributed by atoms with Crippen LogP contribution in [0.15, 0.2) is 53.0 Å². The van der Waals surface area contributed by atoms with E-state index >= 15 is 0 Å². The zero-order valence-electron chi connectivity index (χ0n) is 16.4. The number of amides is 2. The Labute approximate surface area is 174 Å². The Morgan fingerprint density at radius 3 is 2.36 bits per heavy atom. The van der Waals surface area contributed by atoms with Gasteiger partial charge in [-0.15, -0.1) is 0 Å². The summed E-state index contributed by atoms with van der Waals surface area (Å²) in [6.07, 6.45) is 0.707. The fourth-order valence-corrected chi connectivity index (χ4v) is 3.01. The monoisotopic (exact) mass is 448 g/mol. The van der Waals surface area contributed by atoms with E-state index in [1.165, 1.54) is 11.0 Å². The van der Waals surface area contributed by atoms with E-state index in [2.05, 4.69) is 21.2 Å². The predicted molar refractivity (Wildman–Crippen MR) is 112 cm³/mol. The third-order valence-corrected chi connectivity index (χ3v) is 5.26. The van der Waals surface area contributed by atoms with Crippen LogP contribution in [0.2, 0.25) is 0 Å². The van der Waals surface area contributed by atoms with Crippen LogP contribution in [-0.4, -0.2) is 28.8 Å². The van der Waals surface area contributed by atoms with Gasteiger partial charge in [0.2, 0.25) is 11.8 Å². The lowest BCUT2D eigenvalue weighted by atomic mass is 10.1. The van der Waals surface area contributed by atoms with Crippen molar-refractivity contribution in [3.63, 3.8) is 0 Å². The molecule has 150 valence electrons. The fraction of sp³-hybridized carbons (Fsp3) is 0.364. The average Bonchev–Trinajstić information content (AvgIpc) is 2.68. The van der Waals surface area contributed by atoms with Crippen molar-refractivity contribution in [2.24, 2.45) is 0 Å². The van der Waals surface area contributed by atoms with Crippen LogP contribution in [0.1, 0.15) is 38.3 Å². The number of hydrogen-bond donors (Lipinski definition) is 1. The summed E-state index contributed by atoms with van der Waals surface area (Å²) in [6, 6.07) is 13.1. The summed E-state index contributed by atoms with van der Waals surface area (Å²) in [7, 11) is 0. The molecule has 0 unspecified atom stereocenters. The lowest BCUT2D eigenvalue weighted by Gasteiger charge is -2.30. The fourth-order valence-electron chi connectivity index (χ4n) is 2.74. The molecule has 28 heavy (non-hydrogen) atoms. The highest BCUT2D eigenvalue weighted by atomic mass is 79.9. The van der Waals surface area contributed by atoms with Gasteiger partial charge in [0.05, 0.1) is 6.42 Å². The van der Waals surface area contributed by atoms with Gasteiger partial charge in [-0.05, 0) is 49.6 Å². The smallest absolute Gasteiger partial charge is 0.242 e. The summed E-state index contributed by atoms with van der Waals surface area (Å²) >= 11 is 3.39. The molecule has 0 fully saturated rings. The van der Waals surface area contributed by atoms with Gasteiger partial charge in [0, 0.05) is 17.1 Å². The number of benzene rings is 2. The molecule has 6 heteroatoms. The molecule has 0 saturated carbocycles. The molecule has 0 aliphatic rings. The Morgan fingerprint density at radius 2 is 1.75 bits per heavy atom. The van der Waals surface area contributed by atoms with Crippen molar-refractivity contribution in [3.8, 4) is 0 Å². The van der Waals surface area contributed by atoms with Crippen molar-refractivity contribution in [2.45, 2.75) is 52.2 Å². The molecule has 4 nitrogen and oxygen atoms in total. The van der Waals surface area contributed by atoms with Gasteiger partial charge in [0.15, 0.2) is 0 Å². The third-order valence-electron chi connectivity index (χ3n) is 4.73. The standard InChI is InChI=1S/C22H26BrFN2O2/c1-4-15(2)25-22(28)16(3)26(14-17-9-11-19(23)12-10-17)21(27)13-18-7-5-6-8-20(18)24/h5-12,15-16H,4,13-14H2,1-3H3,(H,25,28)/t15-,16+/m1/s1. The van der Waals surface area contributed by atoms with E-state index in [-0.39, 0.29) is 30.8 Å². The van der Waals surface area contributed by atoms with Crippen LogP contribution in [-0.2, 0) is 22.6 Å². The van der Waals surface area contributed by atoms with Crippen LogP contribution >= 0.6 is 15.9 Å². The third kappa shape index (κ3) is 6.16. The van der Waals surface area contributed by atoms with Gasteiger partial charge in [-0.2, -0.15) is 0 Å². The van der Waals surface area contributed by atoms with Gasteiger partial charge in [-0.3, -0.25) is 9.59 Å². The second-order valence-electron chi connectivity index (χ2n) is 6.91. The normalized spacial score (nSPS) is 12.9. The summed E-state index contributed by atoms with van der Waals surface area (Å²) in [5, 5.41) is 2.92. The van der Waals surface area contributed by atoms with E-state index in [0.29, 0.717) is 5.56 Å². The Hall–Kier alpha value is -2.21. The van der Waals surface area contributed by atoms with Crippen LogP contribution < -0.4 is 5.32 Å². The van der Waals surface area contributed by atoms with E-state index in [9.17, 15) is 14.0 Å². The maximum Gasteiger partial charge on any atom is 0.242 e. The molecule has 1 N–H and O–H groups in total.